The Bertz CT molecular complexity index is 1010. The summed E-state index contributed by atoms with van der Waals surface area (Å²) in [4.78, 5) is 26.0. The number of anilines is 2. The van der Waals surface area contributed by atoms with Crippen molar-refractivity contribution in [3.63, 3.8) is 0 Å². The summed E-state index contributed by atoms with van der Waals surface area (Å²) in [5.41, 5.74) is 2.02. The molecule has 1 N–H and O–H groups in total. The van der Waals surface area contributed by atoms with Gasteiger partial charge >= 0.3 is 0 Å². The zero-order valence-corrected chi connectivity index (χ0v) is 15.3. The Labute approximate surface area is 161 Å². The van der Waals surface area contributed by atoms with Gasteiger partial charge in [0.15, 0.2) is 5.82 Å². The lowest BCUT2D eigenvalue weighted by molar-refractivity contribution is -0.117. The van der Waals surface area contributed by atoms with Crippen LogP contribution in [-0.2, 0) is 11.3 Å². The standard InChI is InChI=1S/C20H20N6O2/c27-19(14-26-20(28)4-3-11-21-26)22-16-7-5-15(6-8-16)17-9-10-18(24-23-17)25-12-1-2-13-25/h3-11H,1-2,12-14H2,(H,22,27). The third-order valence-electron chi connectivity index (χ3n) is 4.62. The zero-order chi connectivity index (χ0) is 19.3. The van der Waals surface area contributed by atoms with Gasteiger partial charge in [0.2, 0.25) is 5.91 Å². The molecule has 0 unspecified atom stereocenters. The van der Waals surface area contributed by atoms with E-state index in [-0.39, 0.29) is 18.0 Å². The summed E-state index contributed by atoms with van der Waals surface area (Å²) in [6, 6.07) is 14.2. The SMILES string of the molecule is O=C(Cn1ncccc1=O)Nc1ccc(-c2ccc(N3CCCC3)nn2)cc1. The van der Waals surface area contributed by atoms with Crippen molar-refractivity contribution in [3.8, 4) is 11.3 Å². The molecule has 0 saturated carbocycles. The van der Waals surface area contributed by atoms with Gasteiger partial charge in [-0.3, -0.25) is 9.59 Å². The first-order chi connectivity index (χ1) is 13.7. The van der Waals surface area contributed by atoms with Crippen molar-refractivity contribution in [3.05, 3.63) is 65.1 Å². The van der Waals surface area contributed by atoms with Gasteiger partial charge in [-0.05, 0) is 43.2 Å². The van der Waals surface area contributed by atoms with Crippen LogP contribution in [0, 0.1) is 0 Å². The second-order valence-corrected chi connectivity index (χ2v) is 6.62. The van der Waals surface area contributed by atoms with Gasteiger partial charge in [-0.15, -0.1) is 10.2 Å². The Kier molecular flexibility index (Phi) is 5.09. The molecule has 1 aliphatic rings. The van der Waals surface area contributed by atoms with Gasteiger partial charge in [0.05, 0.1) is 5.69 Å². The second kappa shape index (κ2) is 7.99. The molecule has 1 aromatic carbocycles. The van der Waals surface area contributed by atoms with Crippen LogP contribution in [-0.4, -0.2) is 39.0 Å². The van der Waals surface area contributed by atoms with Gasteiger partial charge in [0.25, 0.3) is 5.56 Å². The molecule has 1 saturated heterocycles. The first kappa shape index (κ1) is 17.8. The van der Waals surface area contributed by atoms with Gasteiger partial charge < -0.3 is 10.2 Å². The van der Waals surface area contributed by atoms with Crippen LogP contribution in [0.5, 0.6) is 0 Å². The van der Waals surface area contributed by atoms with Crippen molar-refractivity contribution >= 4 is 17.4 Å². The van der Waals surface area contributed by atoms with E-state index < -0.39 is 0 Å². The monoisotopic (exact) mass is 376 g/mol. The third-order valence-corrected chi connectivity index (χ3v) is 4.62. The smallest absolute Gasteiger partial charge is 0.267 e. The van der Waals surface area contributed by atoms with Crippen LogP contribution < -0.4 is 15.8 Å². The lowest BCUT2D eigenvalue weighted by atomic mass is 10.1. The molecule has 0 radical (unpaired) electrons. The maximum atomic E-state index is 12.1. The zero-order valence-electron chi connectivity index (χ0n) is 15.3. The number of carbonyl (C=O) groups is 1. The molecule has 3 heterocycles. The number of hydrogen-bond donors (Lipinski definition) is 1. The van der Waals surface area contributed by atoms with E-state index in [2.05, 4.69) is 25.5 Å². The van der Waals surface area contributed by atoms with E-state index in [1.165, 1.54) is 31.2 Å². The number of nitrogens with zero attached hydrogens (tertiary/aromatic N) is 5. The molecule has 8 heteroatoms. The molecule has 1 fully saturated rings. The summed E-state index contributed by atoms with van der Waals surface area (Å²) < 4.78 is 1.11. The summed E-state index contributed by atoms with van der Waals surface area (Å²) >= 11 is 0. The fourth-order valence-electron chi connectivity index (χ4n) is 3.16. The molecular formula is C20H20N6O2. The number of nitrogens with one attached hydrogen (secondary N) is 1. The van der Waals surface area contributed by atoms with Crippen LogP contribution in [0.2, 0.25) is 0 Å². The fraction of sp³-hybridized carbons (Fsp3) is 0.250. The van der Waals surface area contributed by atoms with Gasteiger partial charge in [-0.1, -0.05) is 12.1 Å². The quantitative estimate of drug-likeness (QED) is 0.731. The predicted molar refractivity (Wildman–Crippen MR) is 106 cm³/mol. The fourth-order valence-corrected chi connectivity index (χ4v) is 3.16. The third kappa shape index (κ3) is 4.06. The highest BCUT2D eigenvalue weighted by atomic mass is 16.2. The molecule has 0 spiro atoms. The summed E-state index contributed by atoms with van der Waals surface area (Å²) in [7, 11) is 0. The summed E-state index contributed by atoms with van der Waals surface area (Å²) in [5, 5.41) is 15.3. The van der Waals surface area contributed by atoms with E-state index >= 15 is 0 Å². The van der Waals surface area contributed by atoms with Crippen LogP contribution in [0.4, 0.5) is 11.5 Å². The van der Waals surface area contributed by atoms with Gasteiger partial charge in [0.1, 0.15) is 6.54 Å². The lowest BCUT2D eigenvalue weighted by Crippen LogP contribution is -2.28. The molecule has 4 rings (SSSR count). The van der Waals surface area contributed by atoms with Crippen LogP contribution >= 0.6 is 0 Å². The first-order valence-corrected chi connectivity index (χ1v) is 9.20. The average Bonchev–Trinajstić information content (AvgIpc) is 3.25. The number of aromatic nitrogens is 4. The summed E-state index contributed by atoms with van der Waals surface area (Å²) in [6.45, 7) is 1.94. The van der Waals surface area contributed by atoms with Crippen molar-refractivity contribution in [2.45, 2.75) is 19.4 Å². The van der Waals surface area contributed by atoms with Crippen LogP contribution in [0.15, 0.2) is 59.5 Å². The van der Waals surface area contributed by atoms with Gasteiger partial charge in [-0.2, -0.15) is 5.10 Å². The molecule has 0 atom stereocenters. The minimum atomic E-state index is -0.316. The molecule has 3 aromatic rings. The van der Waals surface area contributed by atoms with Gasteiger partial charge in [-0.25, -0.2) is 4.68 Å². The lowest BCUT2D eigenvalue weighted by Gasteiger charge is -2.15. The highest BCUT2D eigenvalue weighted by Crippen LogP contribution is 2.22. The van der Waals surface area contributed by atoms with E-state index in [0.717, 1.165) is 34.8 Å². The molecule has 8 nitrogen and oxygen atoms in total. The molecule has 2 aromatic heterocycles. The maximum absolute atomic E-state index is 12.1. The van der Waals surface area contributed by atoms with E-state index in [4.69, 9.17) is 0 Å². The number of carbonyl (C=O) groups excluding carboxylic acids is 1. The Hall–Kier alpha value is -3.55. The van der Waals surface area contributed by atoms with Crippen LogP contribution in [0.1, 0.15) is 12.8 Å². The maximum Gasteiger partial charge on any atom is 0.267 e. The molecule has 0 aliphatic carbocycles. The van der Waals surface area contributed by atoms with Crippen LogP contribution in [0.25, 0.3) is 11.3 Å². The second-order valence-electron chi connectivity index (χ2n) is 6.62. The Morgan fingerprint density at radius 2 is 1.79 bits per heavy atom. The minimum absolute atomic E-state index is 0.134. The first-order valence-electron chi connectivity index (χ1n) is 9.20. The largest absolute Gasteiger partial charge is 0.355 e. The van der Waals surface area contributed by atoms with Crippen LogP contribution in [0.3, 0.4) is 0 Å². The van der Waals surface area contributed by atoms with Crippen molar-refractivity contribution in [1.29, 1.82) is 0 Å². The molecule has 142 valence electrons. The highest BCUT2D eigenvalue weighted by Gasteiger charge is 2.14. The molecule has 1 aliphatic heterocycles. The Balaban J connectivity index is 1.40. The molecule has 28 heavy (non-hydrogen) atoms. The number of hydrogen-bond acceptors (Lipinski definition) is 6. The summed E-state index contributed by atoms with van der Waals surface area (Å²) in [6.07, 6.45) is 3.87. The summed E-state index contributed by atoms with van der Waals surface area (Å²) in [5.74, 6) is 0.596. The average molecular weight is 376 g/mol. The highest BCUT2D eigenvalue weighted by molar-refractivity contribution is 5.90. The Morgan fingerprint density at radius 3 is 2.46 bits per heavy atom. The number of amides is 1. The van der Waals surface area contributed by atoms with Crippen molar-refractivity contribution < 1.29 is 4.79 Å². The minimum Gasteiger partial charge on any atom is -0.355 e. The van der Waals surface area contributed by atoms with Gasteiger partial charge in [0, 0.05) is 36.6 Å². The van der Waals surface area contributed by atoms with E-state index in [1.807, 2.05) is 24.3 Å². The number of benzene rings is 1. The number of rotatable bonds is 5. The van der Waals surface area contributed by atoms with E-state index in [0.29, 0.717) is 5.69 Å². The van der Waals surface area contributed by atoms with E-state index in [9.17, 15) is 9.59 Å². The predicted octanol–water partition coefficient (Wildman–Crippen LogP) is 1.94. The van der Waals surface area contributed by atoms with Crippen molar-refractivity contribution in [1.82, 2.24) is 20.0 Å². The molecule has 0 bridgehead atoms. The van der Waals surface area contributed by atoms with E-state index in [1.54, 1.807) is 12.1 Å². The molecule has 1 amide bonds. The van der Waals surface area contributed by atoms with Crippen molar-refractivity contribution in [2.75, 3.05) is 23.3 Å². The normalized spacial score (nSPS) is 13.5. The Morgan fingerprint density at radius 1 is 1.00 bits per heavy atom. The van der Waals surface area contributed by atoms with Crippen molar-refractivity contribution in [2.24, 2.45) is 0 Å². The topological polar surface area (TPSA) is 93.0 Å². The molecular weight excluding hydrogens is 356 g/mol.